The summed E-state index contributed by atoms with van der Waals surface area (Å²) >= 11 is 0. The molecule has 1 aromatic carbocycles. The highest BCUT2D eigenvalue weighted by molar-refractivity contribution is 5.75. The van der Waals surface area contributed by atoms with Crippen LogP contribution in [0.25, 0.3) is 0 Å². The second-order valence-electron chi connectivity index (χ2n) is 4.58. The lowest BCUT2D eigenvalue weighted by Crippen LogP contribution is -2.29. The Bertz CT molecular complexity index is 429. The SMILES string of the molecule is CCOC(=O)C(CC)Oc1ccc([C@H](C)N)cc1C. The van der Waals surface area contributed by atoms with Crippen molar-refractivity contribution in [2.75, 3.05) is 6.61 Å². The lowest BCUT2D eigenvalue weighted by Gasteiger charge is -2.18. The molecule has 0 amide bonds. The Labute approximate surface area is 114 Å². The molecule has 0 saturated heterocycles. The Morgan fingerprint density at radius 3 is 2.53 bits per heavy atom. The third kappa shape index (κ3) is 4.24. The summed E-state index contributed by atoms with van der Waals surface area (Å²) in [5.41, 5.74) is 7.85. The van der Waals surface area contributed by atoms with Gasteiger partial charge in [-0.3, -0.25) is 0 Å². The molecule has 1 rings (SSSR count). The fraction of sp³-hybridized carbons (Fsp3) is 0.533. The predicted octanol–water partition coefficient (Wildman–Crippen LogP) is 2.74. The molecule has 19 heavy (non-hydrogen) atoms. The number of rotatable bonds is 6. The summed E-state index contributed by atoms with van der Waals surface area (Å²) in [5, 5.41) is 0. The van der Waals surface area contributed by atoms with Gasteiger partial charge in [0.25, 0.3) is 0 Å². The zero-order valence-electron chi connectivity index (χ0n) is 12.1. The summed E-state index contributed by atoms with van der Waals surface area (Å²) in [6, 6.07) is 5.75. The maximum absolute atomic E-state index is 11.7. The average Bonchev–Trinajstić information content (AvgIpc) is 2.37. The largest absolute Gasteiger partial charge is 0.478 e. The summed E-state index contributed by atoms with van der Waals surface area (Å²) in [6.45, 7) is 7.92. The second kappa shape index (κ2) is 7.14. The van der Waals surface area contributed by atoms with E-state index in [0.717, 1.165) is 11.1 Å². The van der Waals surface area contributed by atoms with Gasteiger partial charge in [-0.25, -0.2) is 4.79 Å². The van der Waals surface area contributed by atoms with Crippen molar-refractivity contribution in [2.45, 2.75) is 46.3 Å². The number of hydrogen-bond acceptors (Lipinski definition) is 4. The molecule has 2 N–H and O–H groups in total. The van der Waals surface area contributed by atoms with E-state index in [2.05, 4.69) is 0 Å². The van der Waals surface area contributed by atoms with Crippen molar-refractivity contribution in [1.29, 1.82) is 0 Å². The first-order valence-electron chi connectivity index (χ1n) is 6.69. The molecule has 4 heteroatoms. The smallest absolute Gasteiger partial charge is 0.347 e. The minimum absolute atomic E-state index is 0.0141. The van der Waals surface area contributed by atoms with Crippen LogP contribution in [0.3, 0.4) is 0 Å². The fourth-order valence-electron chi connectivity index (χ4n) is 1.77. The van der Waals surface area contributed by atoms with Crippen molar-refractivity contribution in [3.8, 4) is 5.75 Å². The second-order valence-corrected chi connectivity index (χ2v) is 4.58. The van der Waals surface area contributed by atoms with E-state index in [-0.39, 0.29) is 12.0 Å². The Hall–Kier alpha value is -1.55. The van der Waals surface area contributed by atoms with E-state index < -0.39 is 6.10 Å². The van der Waals surface area contributed by atoms with E-state index in [1.165, 1.54) is 0 Å². The third-order valence-electron chi connectivity index (χ3n) is 2.91. The van der Waals surface area contributed by atoms with Crippen LogP contribution in [0.5, 0.6) is 5.75 Å². The van der Waals surface area contributed by atoms with Gasteiger partial charge in [0.15, 0.2) is 6.10 Å². The van der Waals surface area contributed by atoms with Gasteiger partial charge < -0.3 is 15.2 Å². The molecule has 0 bridgehead atoms. The molecule has 1 aromatic rings. The van der Waals surface area contributed by atoms with E-state index in [0.29, 0.717) is 18.8 Å². The number of ether oxygens (including phenoxy) is 2. The molecule has 0 fully saturated rings. The average molecular weight is 265 g/mol. The van der Waals surface area contributed by atoms with Crippen molar-refractivity contribution < 1.29 is 14.3 Å². The van der Waals surface area contributed by atoms with Crippen molar-refractivity contribution in [3.05, 3.63) is 29.3 Å². The number of carbonyl (C=O) groups excluding carboxylic acids is 1. The van der Waals surface area contributed by atoms with Crippen LogP contribution in [-0.4, -0.2) is 18.7 Å². The Morgan fingerprint density at radius 2 is 2.05 bits per heavy atom. The Morgan fingerprint density at radius 1 is 1.37 bits per heavy atom. The Balaban J connectivity index is 2.83. The predicted molar refractivity (Wildman–Crippen MR) is 75.1 cm³/mol. The van der Waals surface area contributed by atoms with Gasteiger partial charge in [-0.1, -0.05) is 19.1 Å². The summed E-state index contributed by atoms with van der Waals surface area (Å²) in [4.78, 5) is 11.7. The maximum atomic E-state index is 11.7. The van der Waals surface area contributed by atoms with Crippen LogP contribution in [0.1, 0.15) is 44.4 Å². The molecular weight excluding hydrogens is 242 g/mol. The van der Waals surface area contributed by atoms with Crippen LogP contribution in [0.4, 0.5) is 0 Å². The van der Waals surface area contributed by atoms with E-state index >= 15 is 0 Å². The van der Waals surface area contributed by atoms with Gasteiger partial charge in [0.2, 0.25) is 0 Å². The molecule has 0 aliphatic heterocycles. The molecule has 0 aliphatic rings. The monoisotopic (exact) mass is 265 g/mol. The van der Waals surface area contributed by atoms with Crippen LogP contribution in [-0.2, 0) is 9.53 Å². The maximum Gasteiger partial charge on any atom is 0.347 e. The summed E-state index contributed by atoms with van der Waals surface area (Å²) < 4.78 is 10.7. The first kappa shape index (κ1) is 15.5. The van der Waals surface area contributed by atoms with E-state index in [4.69, 9.17) is 15.2 Å². The van der Waals surface area contributed by atoms with Crippen molar-refractivity contribution in [2.24, 2.45) is 5.73 Å². The first-order chi connectivity index (χ1) is 8.99. The van der Waals surface area contributed by atoms with Crippen LogP contribution in [0.15, 0.2) is 18.2 Å². The standard InChI is InChI=1S/C15H23NO3/c1-5-13(15(17)18-6-2)19-14-8-7-12(11(4)16)9-10(14)3/h7-9,11,13H,5-6,16H2,1-4H3/t11-,13?/m0/s1. The number of carbonyl (C=O) groups is 1. The number of aryl methyl sites for hydroxylation is 1. The van der Waals surface area contributed by atoms with E-state index in [1.807, 2.05) is 39.0 Å². The van der Waals surface area contributed by atoms with Gasteiger partial charge in [-0.05, 0) is 44.4 Å². The van der Waals surface area contributed by atoms with Crippen LogP contribution >= 0.6 is 0 Å². The van der Waals surface area contributed by atoms with Gasteiger partial charge >= 0.3 is 5.97 Å². The molecule has 0 radical (unpaired) electrons. The molecule has 0 aromatic heterocycles. The van der Waals surface area contributed by atoms with E-state index in [1.54, 1.807) is 6.92 Å². The highest BCUT2D eigenvalue weighted by atomic mass is 16.6. The molecule has 2 atom stereocenters. The van der Waals surface area contributed by atoms with Crippen molar-refractivity contribution in [3.63, 3.8) is 0 Å². The van der Waals surface area contributed by atoms with Gasteiger partial charge in [-0.2, -0.15) is 0 Å². The molecule has 4 nitrogen and oxygen atoms in total. The summed E-state index contributed by atoms with van der Waals surface area (Å²) in [6.07, 6.45) is 0.0210. The Kier molecular flexibility index (Phi) is 5.83. The van der Waals surface area contributed by atoms with E-state index in [9.17, 15) is 4.79 Å². The molecule has 0 spiro atoms. The normalized spacial score (nSPS) is 13.7. The van der Waals surface area contributed by atoms with Gasteiger partial charge in [0.1, 0.15) is 5.75 Å². The summed E-state index contributed by atoms with van der Waals surface area (Å²) in [5.74, 6) is 0.380. The highest BCUT2D eigenvalue weighted by Crippen LogP contribution is 2.23. The molecule has 0 saturated carbocycles. The minimum atomic E-state index is -0.556. The number of esters is 1. The third-order valence-corrected chi connectivity index (χ3v) is 2.91. The van der Waals surface area contributed by atoms with Gasteiger partial charge in [0.05, 0.1) is 6.61 Å². The van der Waals surface area contributed by atoms with Gasteiger partial charge in [-0.15, -0.1) is 0 Å². The topological polar surface area (TPSA) is 61.5 Å². The lowest BCUT2D eigenvalue weighted by atomic mass is 10.1. The number of hydrogen-bond donors (Lipinski definition) is 1. The summed E-state index contributed by atoms with van der Waals surface area (Å²) in [7, 11) is 0. The van der Waals surface area contributed by atoms with Crippen LogP contribution in [0, 0.1) is 6.92 Å². The molecule has 0 aliphatic carbocycles. The van der Waals surface area contributed by atoms with Crippen LogP contribution in [0.2, 0.25) is 0 Å². The minimum Gasteiger partial charge on any atom is -0.478 e. The zero-order chi connectivity index (χ0) is 14.4. The molecule has 1 unspecified atom stereocenters. The number of benzene rings is 1. The van der Waals surface area contributed by atoms with Crippen molar-refractivity contribution >= 4 is 5.97 Å². The zero-order valence-corrected chi connectivity index (χ0v) is 12.1. The lowest BCUT2D eigenvalue weighted by molar-refractivity contribution is -0.151. The molecular formula is C15H23NO3. The fourth-order valence-corrected chi connectivity index (χ4v) is 1.77. The molecule has 106 valence electrons. The first-order valence-corrected chi connectivity index (χ1v) is 6.69. The highest BCUT2D eigenvalue weighted by Gasteiger charge is 2.20. The number of nitrogens with two attached hydrogens (primary N) is 1. The quantitative estimate of drug-likeness (QED) is 0.803. The molecule has 0 heterocycles. The van der Waals surface area contributed by atoms with Crippen molar-refractivity contribution in [1.82, 2.24) is 0 Å². The van der Waals surface area contributed by atoms with Crippen LogP contribution < -0.4 is 10.5 Å². The van der Waals surface area contributed by atoms with Gasteiger partial charge in [0, 0.05) is 6.04 Å².